The number of carbonyl (C=O) groups excluding carboxylic acids is 1. The third kappa shape index (κ3) is 3.95. The Balaban J connectivity index is 1.43. The SMILES string of the molecule is C=CC(=O)N1CCC(F)C(Oc2nc(Nc3cnn(C4CC4)c3)nc3[nH]cc(Cl)c23)C1. The lowest BCUT2D eigenvalue weighted by Crippen LogP contribution is -2.49. The van der Waals surface area contributed by atoms with Gasteiger partial charge in [-0.3, -0.25) is 9.48 Å². The first-order valence-corrected chi connectivity index (χ1v) is 10.5. The third-order valence-corrected chi connectivity index (χ3v) is 5.75. The maximum Gasteiger partial charge on any atom is 0.246 e. The largest absolute Gasteiger partial charge is 0.469 e. The van der Waals surface area contributed by atoms with Crippen LogP contribution in [0, 0.1) is 0 Å². The second kappa shape index (κ2) is 7.84. The zero-order valence-corrected chi connectivity index (χ0v) is 17.3. The number of H-pyrrole nitrogens is 1. The number of aromatic nitrogens is 5. The van der Waals surface area contributed by atoms with Gasteiger partial charge in [-0.1, -0.05) is 18.2 Å². The number of carbonyl (C=O) groups is 1. The van der Waals surface area contributed by atoms with E-state index >= 15 is 0 Å². The Labute approximate surface area is 182 Å². The minimum absolute atomic E-state index is 0.0937. The third-order valence-electron chi connectivity index (χ3n) is 5.46. The van der Waals surface area contributed by atoms with E-state index in [2.05, 4.69) is 31.9 Å². The number of rotatable bonds is 6. The Bertz CT molecular complexity index is 1140. The number of amides is 1. The van der Waals surface area contributed by atoms with Gasteiger partial charge in [-0.15, -0.1) is 0 Å². The lowest BCUT2D eigenvalue weighted by atomic mass is 10.1. The van der Waals surface area contributed by atoms with Crippen LogP contribution in [0.2, 0.25) is 5.02 Å². The van der Waals surface area contributed by atoms with E-state index in [9.17, 15) is 9.18 Å². The Morgan fingerprint density at radius 1 is 1.39 bits per heavy atom. The number of likely N-dealkylation sites (tertiary alicyclic amines) is 1. The molecule has 1 aliphatic heterocycles. The molecule has 2 unspecified atom stereocenters. The lowest BCUT2D eigenvalue weighted by Gasteiger charge is -2.34. The van der Waals surface area contributed by atoms with E-state index in [0.29, 0.717) is 28.6 Å². The number of anilines is 2. The number of halogens is 2. The molecule has 1 amide bonds. The molecule has 5 rings (SSSR count). The molecule has 0 aromatic carbocycles. The van der Waals surface area contributed by atoms with Crippen molar-refractivity contribution in [3.05, 3.63) is 36.3 Å². The minimum Gasteiger partial charge on any atom is -0.469 e. The van der Waals surface area contributed by atoms with E-state index < -0.39 is 12.3 Å². The van der Waals surface area contributed by atoms with Gasteiger partial charge in [0.2, 0.25) is 17.7 Å². The summed E-state index contributed by atoms with van der Waals surface area (Å²) < 4.78 is 22.5. The van der Waals surface area contributed by atoms with Crippen molar-refractivity contribution in [2.45, 2.75) is 37.6 Å². The monoisotopic (exact) mass is 445 g/mol. The summed E-state index contributed by atoms with van der Waals surface area (Å²) in [5.74, 6) is 0.151. The number of aromatic amines is 1. The van der Waals surface area contributed by atoms with Gasteiger partial charge in [-0.25, -0.2) is 4.39 Å². The van der Waals surface area contributed by atoms with E-state index in [4.69, 9.17) is 16.3 Å². The highest BCUT2D eigenvalue weighted by Crippen LogP contribution is 2.36. The first-order chi connectivity index (χ1) is 15.0. The van der Waals surface area contributed by atoms with E-state index in [-0.39, 0.29) is 30.7 Å². The van der Waals surface area contributed by atoms with Gasteiger partial charge in [0.05, 0.1) is 34.9 Å². The van der Waals surface area contributed by atoms with Crippen LogP contribution < -0.4 is 10.1 Å². The molecule has 3 aromatic heterocycles. The van der Waals surface area contributed by atoms with Gasteiger partial charge in [0.1, 0.15) is 17.9 Å². The van der Waals surface area contributed by atoms with Crippen molar-refractivity contribution in [2.24, 2.45) is 0 Å². The number of nitrogens with one attached hydrogen (secondary N) is 2. The molecule has 1 saturated heterocycles. The number of hydrogen-bond acceptors (Lipinski definition) is 6. The van der Waals surface area contributed by atoms with Gasteiger partial charge < -0.3 is 19.9 Å². The van der Waals surface area contributed by atoms with Gasteiger partial charge in [-0.2, -0.15) is 15.1 Å². The average Bonchev–Trinajstić information content (AvgIpc) is 3.40. The van der Waals surface area contributed by atoms with Crippen LogP contribution in [-0.4, -0.2) is 60.9 Å². The summed E-state index contributed by atoms with van der Waals surface area (Å²) in [5, 5.41) is 8.28. The number of hydrogen-bond donors (Lipinski definition) is 2. The molecule has 31 heavy (non-hydrogen) atoms. The summed E-state index contributed by atoms with van der Waals surface area (Å²) in [7, 11) is 0. The summed E-state index contributed by atoms with van der Waals surface area (Å²) in [6.45, 7) is 3.90. The van der Waals surface area contributed by atoms with Crippen LogP contribution in [0.4, 0.5) is 16.0 Å². The predicted octanol–water partition coefficient (Wildman–Crippen LogP) is 3.39. The van der Waals surface area contributed by atoms with Crippen LogP contribution in [-0.2, 0) is 4.79 Å². The molecule has 4 heterocycles. The van der Waals surface area contributed by atoms with E-state index in [1.54, 1.807) is 12.4 Å². The summed E-state index contributed by atoms with van der Waals surface area (Å²) >= 11 is 6.29. The van der Waals surface area contributed by atoms with Crippen molar-refractivity contribution in [1.29, 1.82) is 0 Å². The fourth-order valence-corrected chi connectivity index (χ4v) is 3.87. The quantitative estimate of drug-likeness (QED) is 0.564. The maximum absolute atomic E-state index is 14.6. The molecule has 162 valence electrons. The van der Waals surface area contributed by atoms with Gasteiger partial charge in [0.25, 0.3) is 0 Å². The molecule has 1 saturated carbocycles. The minimum atomic E-state index is -1.25. The Morgan fingerprint density at radius 2 is 2.23 bits per heavy atom. The lowest BCUT2D eigenvalue weighted by molar-refractivity contribution is -0.130. The van der Waals surface area contributed by atoms with Gasteiger partial charge >= 0.3 is 0 Å². The molecule has 0 radical (unpaired) electrons. The Kier molecular flexibility index (Phi) is 5.01. The smallest absolute Gasteiger partial charge is 0.246 e. The number of alkyl halides is 1. The molecule has 11 heteroatoms. The zero-order valence-electron chi connectivity index (χ0n) is 16.6. The van der Waals surface area contributed by atoms with Gasteiger partial charge in [0, 0.05) is 18.9 Å². The molecule has 2 fully saturated rings. The topological polar surface area (TPSA) is 101 Å². The first kappa shape index (κ1) is 19.8. The predicted molar refractivity (Wildman–Crippen MR) is 113 cm³/mol. The molecular weight excluding hydrogens is 425 g/mol. The highest BCUT2D eigenvalue weighted by atomic mass is 35.5. The zero-order chi connectivity index (χ0) is 21.5. The average molecular weight is 446 g/mol. The Hall–Kier alpha value is -3.14. The molecule has 9 nitrogen and oxygen atoms in total. The van der Waals surface area contributed by atoms with Crippen LogP contribution in [0.5, 0.6) is 5.88 Å². The van der Waals surface area contributed by atoms with Crippen LogP contribution in [0.15, 0.2) is 31.2 Å². The van der Waals surface area contributed by atoms with Crippen LogP contribution >= 0.6 is 11.6 Å². The molecule has 3 aromatic rings. The maximum atomic E-state index is 14.6. The van der Waals surface area contributed by atoms with Crippen molar-refractivity contribution >= 4 is 40.2 Å². The number of piperidine rings is 1. The fraction of sp³-hybridized carbons (Fsp3) is 0.400. The fourth-order valence-electron chi connectivity index (χ4n) is 3.65. The van der Waals surface area contributed by atoms with Crippen molar-refractivity contribution in [3.63, 3.8) is 0 Å². The van der Waals surface area contributed by atoms with Crippen molar-refractivity contribution in [2.75, 3.05) is 18.4 Å². The second-order valence-electron chi connectivity index (χ2n) is 7.73. The van der Waals surface area contributed by atoms with Crippen LogP contribution in [0.3, 0.4) is 0 Å². The number of nitrogens with zero attached hydrogens (tertiary/aromatic N) is 5. The first-order valence-electron chi connectivity index (χ1n) is 10.1. The number of ether oxygens (including phenoxy) is 1. The summed E-state index contributed by atoms with van der Waals surface area (Å²) in [5.41, 5.74) is 1.19. The standard InChI is InChI=1S/C20H21ClFN7O2/c1-2-16(30)28-6-5-14(22)15(10-28)31-19-17-13(21)8-23-18(17)26-20(27-19)25-11-7-24-29(9-11)12-3-4-12/h2,7-9,12,14-15H,1,3-6,10H2,(H2,23,25,26,27). The summed E-state index contributed by atoms with van der Waals surface area (Å²) in [4.78, 5) is 25.3. The normalized spacial score (nSPS) is 21.3. The summed E-state index contributed by atoms with van der Waals surface area (Å²) in [6.07, 6.45) is 6.67. The van der Waals surface area contributed by atoms with Gasteiger partial charge in [-0.05, 0) is 25.3 Å². The number of fused-ring (bicyclic) bond motifs is 1. The highest BCUT2D eigenvalue weighted by Gasteiger charge is 2.33. The molecular formula is C20H21ClFN7O2. The Morgan fingerprint density at radius 3 is 3.00 bits per heavy atom. The van der Waals surface area contributed by atoms with E-state index in [1.165, 1.54) is 11.0 Å². The van der Waals surface area contributed by atoms with Gasteiger partial charge in [0.15, 0.2) is 0 Å². The molecule has 2 aliphatic rings. The highest BCUT2D eigenvalue weighted by molar-refractivity contribution is 6.35. The van der Waals surface area contributed by atoms with Crippen molar-refractivity contribution in [1.82, 2.24) is 29.6 Å². The summed E-state index contributed by atoms with van der Waals surface area (Å²) in [6, 6.07) is 0.453. The van der Waals surface area contributed by atoms with E-state index in [1.807, 2.05) is 10.9 Å². The molecule has 0 bridgehead atoms. The van der Waals surface area contributed by atoms with Crippen molar-refractivity contribution in [3.8, 4) is 5.88 Å². The van der Waals surface area contributed by atoms with Crippen LogP contribution in [0.25, 0.3) is 11.0 Å². The van der Waals surface area contributed by atoms with E-state index in [0.717, 1.165) is 18.5 Å². The van der Waals surface area contributed by atoms with Crippen LogP contribution in [0.1, 0.15) is 25.3 Å². The molecule has 1 aliphatic carbocycles. The second-order valence-corrected chi connectivity index (χ2v) is 8.13. The molecule has 2 atom stereocenters. The molecule has 2 N–H and O–H groups in total. The van der Waals surface area contributed by atoms with Crippen molar-refractivity contribution < 1.29 is 13.9 Å². The molecule has 0 spiro atoms.